The summed E-state index contributed by atoms with van der Waals surface area (Å²) in [4.78, 5) is 10.9. The number of rotatable bonds is 0. The molecule has 2 aliphatic rings. The zero-order valence-electron chi connectivity index (χ0n) is 5.86. The lowest BCUT2D eigenvalue weighted by Crippen LogP contribution is -2.08. The zero-order valence-corrected chi connectivity index (χ0v) is 5.86. The van der Waals surface area contributed by atoms with E-state index in [-0.39, 0.29) is 18.0 Å². The molecule has 0 saturated carbocycles. The third-order valence-corrected chi connectivity index (χ3v) is 2.10. The summed E-state index contributed by atoms with van der Waals surface area (Å²) in [6, 6.07) is 0. The molecule has 0 amide bonds. The van der Waals surface area contributed by atoms with Crippen LogP contribution in [0.3, 0.4) is 0 Å². The molecule has 1 saturated heterocycles. The van der Waals surface area contributed by atoms with Gasteiger partial charge in [0, 0.05) is 12.3 Å². The van der Waals surface area contributed by atoms with Gasteiger partial charge in [-0.3, -0.25) is 0 Å². The molecule has 1 N–H and O–H groups in total. The molecule has 3 heteroatoms. The van der Waals surface area contributed by atoms with Crippen LogP contribution >= 0.6 is 0 Å². The highest BCUT2D eigenvalue weighted by atomic mass is 16.6. The lowest BCUT2D eigenvalue weighted by molar-refractivity contribution is -0.138. The first-order valence-corrected chi connectivity index (χ1v) is 3.55. The number of hydrogen-bond acceptors (Lipinski definition) is 3. The number of fused-ring (bicyclic) bond motifs is 1. The van der Waals surface area contributed by atoms with Crippen LogP contribution in [0.4, 0.5) is 0 Å². The second-order valence-electron chi connectivity index (χ2n) is 2.72. The minimum atomic E-state index is -0.383. The van der Waals surface area contributed by atoms with E-state index >= 15 is 0 Å². The summed E-state index contributed by atoms with van der Waals surface area (Å²) >= 11 is 0. The Morgan fingerprint density at radius 3 is 3.27 bits per heavy atom. The van der Waals surface area contributed by atoms with Gasteiger partial charge < -0.3 is 9.84 Å². The molecular formula is C8H8O3. The number of esters is 1. The van der Waals surface area contributed by atoms with Crippen molar-refractivity contribution in [3.05, 3.63) is 24.0 Å². The summed E-state index contributed by atoms with van der Waals surface area (Å²) < 4.78 is 4.96. The highest BCUT2D eigenvalue weighted by molar-refractivity contribution is 5.92. The average Bonchev–Trinajstić information content (AvgIpc) is 2.46. The Hall–Kier alpha value is -1.25. The minimum Gasteiger partial charge on any atom is -0.515 e. The van der Waals surface area contributed by atoms with Crippen LogP contribution in [0.15, 0.2) is 24.0 Å². The van der Waals surface area contributed by atoms with Crippen LogP contribution in [0, 0.1) is 5.92 Å². The largest absolute Gasteiger partial charge is 0.515 e. The monoisotopic (exact) mass is 152 g/mol. The fraction of sp³-hybridized carbons (Fsp3) is 0.375. The fourth-order valence-corrected chi connectivity index (χ4v) is 1.54. The van der Waals surface area contributed by atoms with Crippen molar-refractivity contribution in [2.75, 3.05) is 0 Å². The van der Waals surface area contributed by atoms with Crippen molar-refractivity contribution in [1.29, 1.82) is 0 Å². The SMILES string of the molecule is O=C1O[C@@H]2CC=CC2/C1=C/O. The topological polar surface area (TPSA) is 46.5 Å². The summed E-state index contributed by atoms with van der Waals surface area (Å²) in [7, 11) is 0. The van der Waals surface area contributed by atoms with Gasteiger partial charge in [0.2, 0.25) is 0 Å². The Kier molecular flexibility index (Phi) is 1.24. The zero-order chi connectivity index (χ0) is 7.84. The van der Waals surface area contributed by atoms with E-state index in [9.17, 15) is 4.79 Å². The molecule has 2 rings (SSSR count). The van der Waals surface area contributed by atoms with Gasteiger partial charge in [-0.2, -0.15) is 0 Å². The van der Waals surface area contributed by atoms with E-state index in [0.717, 1.165) is 12.7 Å². The Balaban J connectivity index is 2.33. The van der Waals surface area contributed by atoms with Crippen molar-refractivity contribution >= 4 is 5.97 Å². The number of carbonyl (C=O) groups is 1. The molecule has 0 bridgehead atoms. The summed E-state index contributed by atoms with van der Waals surface area (Å²) in [5.74, 6) is -0.389. The van der Waals surface area contributed by atoms with Crippen LogP contribution in [-0.2, 0) is 9.53 Å². The Morgan fingerprint density at radius 1 is 1.73 bits per heavy atom. The van der Waals surface area contributed by atoms with E-state index in [0.29, 0.717) is 5.57 Å². The summed E-state index contributed by atoms with van der Waals surface area (Å²) in [5, 5.41) is 8.69. The Morgan fingerprint density at radius 2 is 2.55 bits per heavy atom. The molecule has 1 heterocycles. The van der Waals surface area contributed by atoms with Gasteiger partial charge in [0.1, 0.15) is 6.10 Å². The number of carbonyl (C=O) groups excluding carboxylic acids is 1. The molecule has 1 aliphatic heterocycles. The van der Waals surface area contributed by atoms with Crippen LogP contribution in [0.5, 0.6) is 0 Å². The first-order valence-electron chi connectivity index (χ1n) is 3.55. The van der Waals surface area contributed by atoms with E-state index in [4.69, 9.17) is 9.84 Å². The number of aliphatic hydroxyl groups excluding tert-OH is 1. The molecular weight excluding hydrogens is 144 g/mol. The fourth-order valence-electron chi connectivity index (χ4n) is 1.54. The van der Waals surface area contributed by atoms with Crippen molar-refractivity contribution in [3.8, 4) is 0 Å². The van der Waals surface area contributed by atoms with Crippen LogP contribution in [-0.4, -0.2) is 17.2 Å². The van der Waals surface area contributed by atoms with Crippen molar-refractivity contribution in [2.45, 2.75) is 12.5 Å². The predicted molar refractivity (Wildman–Crippen MR) is 37.8 cm³/mol. The first-order chi connectivity index (χ1) is 5.33. The number of ether oxygens (including phenoxy) is 1. The van der Waals surface area contributed by atoms with Crippen molar-refractivity contribution in [3.63, 3.8) is 0 Å². The summed E-state index contributed by atoms with van der Waals surface area (Å²) in [6.45, 7) is 0. The van der Waals surface area contributed by atoms with E-state index in [2.05, 4.69) is 0 Å². The maximum absolute atomic E-state index is 10.9. The quantitative estimate of drug-likeness (QED) is 0.243. The third-order valence-electron chi connectivity index (χ3n) is 2.10. The second kappa shape index (κ2) is 2.12. The first kappa shape index (κ1) is 6.46. The predicted octanol–water partition coefficient (Wildman–Crippen LogP) is 0.930. The van der Waals surface area contributed by atoms with Gasteiger partial charge in [0.05, 0.1) is 11.8 Å². The van der Waals surface area contributed by atoms with Crippen LogP contribution in [0.2, 0.25) is 0 Å². The van der Waals surface area contributed by atoms with Crippen molar-refractivity contribution in [1.82, 2.24) is 0 Å². The van der Waals surface area contributed by atoms with Crippen LogP contribution < -0.4 is 0 Å². The van der Waals surface area contributed by atoms with Gasteiger partial charge >= 0.3 is 5.97 Å². The van der Waals surface area contributed by atoms with Gasteiger partial charge in [-0.05, 0) is 0 Å². The molecule has 0 radical (unpaired) electrons. The van der Waals surface area contributed by atoms with Crippen molar-refractivity contribution < 1.29 is 14.6 Å². The molecule has 1 aliphatic carbocycles. The van der Waals surface area contributed by atoms with E-state index in [1.807, 2.05) is 12.2 Å². The molecule has 11 heavy (non-hydrogen) atoms. The van der Waals surface area contributed by atoms with Gasteiger partial charge in [-0.15, -0.1) is 0 Å². The molecule has 0 aromatic carbocycles. The van der Waals surface area contributed by atoms with Crippen LogP contribution in [0.25, 0.3) is 0 Å². The maximum Gasteiger partial charge on any atom is 0.338 e. The number of aliphatic hydroxyl groups is 1. The van der Waals surface area contributed by atoms with Gasteiger partial charge in [0.25, 0.3) is 0 Å². The second-order valence-corrected chi connectivity index (χ2v) is 2.72. The standard InChI is InChI=1S/C8H8O3/c9-4-6-5-2-1-3-7(5)11-8(6)10/h1-2,4-5,7,9H,3H2/b6-4-/t5?,7-/m1/s1. The average molecular weight is 152 g/mol. The molecule has 0 aromatic rings. The Labute approximate surface area is 64.0 Å². The van der Waals surface area contributed by atoms with Crippen molar-refractivity contribution in [2.24, 2.45) is 5.92 Å². The molecule has 1 fully saturated rings. The van der Waals surface area contributed by atoms with Crippen LogP contribution in [0.1, 0.15) is 6.42 Å². The van der Waals surface area contributed by atoms with E-state index in [1.165, 1.54) is 0 Å². The lowest BCUT2D eigenvalue weighted by Gasteiger charge is -2.03. The number of hydrogen-bond donors (Lipinski definition) is 1. The molecule has 0 aromatic heterocycles. The smallest absolute Gasteiger partial charge is 0.338 e. The van der Waals surface area contributed by atoms with E-state index in [1.54, 1.807) is 0 Å². The van der Waals surface area contributed by atoms with Gasteiger partial charge in [-0.1, -0.05) is 12.2 Å². The highest BCUT2D eigenvalue weighted by Crippen LogP contribution is 2.34. The summed E-state index contributed by atoms with van der Waals surface area (Å²) in [6.07, 6.45) is 5.43. The van der Waals surface area contributed by atoms with Gasteiger partial charge in [-0.25, -0.2) is 4.79 Å². The highest BCUT2D eigenvalue weighted by Gasteiger charge is 2.40. The molecule has 0 spiro atoms. The normalized spacial score (nSPS) is 37.8. The third kappa shape index (κ3) is 0.770. The molecule has 3 nitrogen and oxygen atoms in total. The molecule has 1 unspecified atom stereocenters. The lowest BCUT2D eigenvalue weighted by atomic mass is 10.0. The van der Waals surface area contributed by atoms with Gasteiger partial charge in [0.15, 0.2) is 0 Å². The van der Waals surface area contributed by atoms with E-state index < -0.39 is 0 Å². The Bertz CT molecular complexity index is 252. The molecule has 58 valence electrons. The maximum atomic E-state index is 10.9. The molecule has 2 atom stereocenters. The summed E-state index contributed by atoms with van der Waals surface area (Å²) in [5.41, 5.74) is 0.378. The minimum absolute atomic E-state index is 0.00694.